The minimum Gasteiger partial charge on any atom is -0.256 e. The van der Waals surface area contributed by atoms with Gasteiger partial charge in [-0.2, -0.15) is 0 Å². The predicted octanol–water partition coefficient (Wildman–Crippen LogP) is 4.02. The van der Waals surface area contributed by atoms with Crippen molar-refractivity contribution >= 4 is 26.8 Å². The third kappa shape index (κ3) is 2.36. The highest BCUT2D eigenvalue weighted by molar-refractivity contribution is 9.10. The van der Waals surface area contributed by atoms with Gasteiger partial charge in [-0.05, 0) is 28.1 Å². The first-order valence-electron chi connectivity index (χ1n) is 6.15. The second-order valence-corrected chi connectivity index (χ2v) is 5.04. The van der Waals surface area contributed by atoms with Gasteiger partial charge in [0.15, 0.2) is 0 Å². The molecule has 0 fully saturated rings. The van der Waals surface area contributed by atoms with Crippen molar-refractivity contribution in [3.63, 3.8) is 0 Å². The smallest absolute Gasteiger partial charge is 0.130 e. The van der Waals surface area contributed by atoms with Crippen LogP contribution in [0.5, 0.6) is 0 Å². The van der Waals surface area contributed by atoms with Gasteiger partial charge in [-0.15, -0.1) is 0 Å². The topological polar surface area (TPSA) is 38.7 Å². The first kappa shape index (κ1) is 12.2. The van der Waals surface area contributed by atoms with Gasteiger partial charge in [0.05, 0.1) is 11.2 Å². The van der Waals surface area contributed by atoms with Crippen LogP contribution < -0.4 is 0 Å². The van der Waals surface area contributed by atoms with Gasteiger partial charge in [0.2, 0.25) is 0 Å². The molecule has 0 bridgehead atoms. The average molecular weight is 314 g/mol. The molecule has 0 aliphatic heterocycles. The molecule has 0 N–H and O–H groups in total. The zero-order valence-electron chi connectivity index (χ0n) is 10.5. The number of rotatable bonds is 2. The molecule has 3 aromatic rings. The highest BCUT2D eigenvalue weighted by atomic mass is 79.9. The minimum absolute atomic E-state index is 0.808. The lowest BCUT2D eigenvalue weighted by Gasteiger charge is -2.07. The van der Waals surface area contributed by atoms with Crippen LogP contribution in [-0.2, 0) is 6.42 Å². The van der Waals surface area contributed by atoms with Crippen molar-refractivity contribution in [2.75, 3.05) is 0 Å². The zero-order valence-corrected chi connectivity index (χ0v) is 12.1. The standard InChI is InChI=1S/C15H12BrN3/c1-2-14-18-12(9-13(16)19-14)11-7-3-5-10-6-4-8-17-15(10)11/h3-9H,2H2,1H3. The van der Waals surface area contributed by atoms with Crippen molar-refractivity contribution in [3.05, 3.63) is 53.0 Å². The molecule has 0 spiro atoms. The second-order valence-electron chi connectivity index (χ2n) is 4.23. The Labute approximate surface area is 119 Å². The van der Waals surface area contributed by atoms with E-state index in [-0.39, 0.29) is 0 Å². The lowest BCUT2D eigenvalue weighted by atomic mass is 10.1. The normalized spacial score (nSPS) is 10.8. The van der Waals surface area contributed by atoms with Gasteiger partial charge >= 0.3 is 0 Å². The van der Waals surface area contributed by atoms with Gasteiger partial charge in [-0.1, -0.05) is 31.2 Å². The van der Waals surface area contributed by atoms with Crippen LogP contribution in [0.2, 0.25) is 0 Å². The Morgan fingerprint density at radius 2 is 1.95 bits per heavy atom. The summed E-state index contributed by atoms with van der Waals surface area (Å²) >= 11 is 3.44. The van der Waals surface area contributed by atoms with Gasteiger partial charge in [-0.3, -0.25) is 4.98 Å². The van der Waals surface area contributed by atoms with E-state index in [2.05, 4.69) is 43.0 Å². The van der Waals surface area contributed by atoms with Crippen LogP contribution in [0, 0.1) is 0 Å². The summed E-state index contributed by atoms with van der Waals surface area (Å²) in [5.74, 6) is 0.831. The van der Waals surface area contributed by atoms with E-state index < -0.39 is 0 Å². The Kier molecular flexibility index (Phi) is 3.25. The molecule has 0 unspecified atom stereocenters. The molecule has 1 aromatic carbocycles. The van der Waals surface area contributed by atoms with Crippen LogP contribution in [0.4, 0.5) is 0 Å². The molecule has 0 radical (unpaired) electrons. The fourth-order valence-electron chi connectivity index (χ4n) is 2.07. The summed E-state index contributed by atoms with van der Waals surface area (Å²) in [7, 11) is 0. The summed E-state index contributed by atoms with van der Waals surface area (Å²) in [6.45, 7) is 2.05. The van der Waals surface area contributed by atoms with Crippen LogP contribution in [0.25, 0.3) is 22.2 Å². The molecule has 0 atom stereocenters. The molecule has 2 heterocycles. The SMILES string of the molecule is CCc1nc(Br)cc(-c2cccc3cccnc23)n1. The highest BCUT2D eigenvalue weighted by Gasteiger charge is 2.08. The molecule has 0 aliphatic rings. The summed E-state index contributed by atoms with van der Waals surface area (Å²) in [6.07, 6.45) is 2.62. The summed E-state index contributed by atoms with van der Waals surface area (Å²) in [5.41, 5.74) is 2.91. The fraction of sp³-hybridized carbons (Fsp3) is 0.133. The van der Waals surface area contributed by atoms with Gasteiger partial charge in [0.1, 0.15) is 10.4 Å². The Hall–Kier alpha value is -1.81. The van der Waals surface area contributed by atoms with Crippen LogP contribution >= 0.6 is 15.9 Å². The first-order valence-corrected chi connectivity index (χ1v) is 6.95. The molecule has 3 nitrogen and oxygen atoms in total. The Morgan fingerprint density at radius 1 is 1.11 bits per heavy atom. The number of para-hydroxylation sites is 1. The van der Waals surface area contributed by atoms with E-state index in [4.69, 9.17) is 0 Å². The van der Waals surface area contributed by atoms with Crippen molar-refractivity contribution in [1.29, 1.82) is 0 Å². The summed E-state index contributed by atoms with van der Waals surface area (Å²) < 4.78 is 0.808. The molecule has 19 heavy (non-hydrogen) atoms. The number of benzene rings is 1. The van der Waals surface area contributed by atoms with Crippen molar-refractivity contribution in [1.82, 2.24) is 15.0 Å². The fourth-order valence-corrected chi connectivity index (χ4v) is 2.49. The van der Waals surface area contributed by atoms with E-state index in [1.807, 2.05) is 37.4 Å². The van der Waals surface area contributed by atoms with Crippen molar-refractivity contribution in [3.8, 4) is 11.3 Å². The molecular formula is C15H12BrN3. The molecule has 2 aromatic heterocycles. The first-order chi connectivity index (χ1) is 9.28. The Morgan fingerprint density at radius 3 is 2.79 bits per heavy atom. The zero-order chi connectivity index (χ0) is 13.2. The molecule has 0 aliphatic carbocycles. The van der Waals surface area contributed by atoms with E-state index in [0.29, 0.717) is 0 Å². The molecule has 0 saturated carbocycles. The number of aromatic nitrogens is 3. The highest BCUT2D eigenvalue weighted by Crippen LogP contribution is 2.27. The number of fused-ring (bicyclic) bond motifs is 1. The summed E-state index contributed by atoms with van der Waals surface area (Å²) in [6, 6.07) is 12.1. The maximum absolute atomic E-state index is 4.59. The largest absolute Gasteiger partial charge is 0.256 e. The number of pyridine rings is 1. The summed E-state index contributed by atoms with van der Waals surface area (Å²) in [4.78, 5) is 13.4. The van der Waals surface area contributed by atoms with Crippen LogP contribution in [-0.4, -0.2) is 15.0 Å². The number of hydrogen-bond acceptors (Lipinski definition) is 3. The Balaban J connectivity index is 2.27. The second kappa shape index (κ2) is 5.05. The maximum atomic E-state index is 4.59. The quantitative estimate of drug-likeness (QED) is 0.671. The number of nitrogens with zero attached hydrogens (tertiary/aromatic N) is 3. The third-order valence-electron chi connectivity index (χ3n) is 2.97. The molecular weight excluding hydrogens is 302 g/mol. The van der Waals surface area contributed by atoms with Crippen molar-refractivity contribution < 1.29 is 0 Å². The van der Waals surface area contributed by atoms with Crippen LogP contribution in [0.1, 0.15) is 12.7 Å². The lowest BCUT2D eigenvalue weighted by Crippen LogP contribution is -1.96. The van der Waals surface area contributed by atoms with Gasteiger partial charge in [0, 0.05) is 23.6 Å². The molecule has 0 amide bonds. The average Bonchev–Trinajstić information content (AvgIpc) is 2.46. The summed E-state index contributed by atoms with van der Waals surface area (Å²) in [5, 5.41) is 1.12. The van der Waals surface area contributed by atoms with E-state index in [9.17, 15) is 0 Å². The predicted molar refractivity (Wildman–Crippen MR) is 79.8 cm³/mol. The van der Waals surface area contributed by atoms with E-state index >= 15 is 0 Å². The molecule has 94 valence electrons. The number of hydrogen-bond donors (Lipinski definition) is 0. The van der Waals surface area contributed by atoms with E-state index in [0.717, 1.165) is 39.0 Å². The van der Waals surface area contributed by atoms with Crippen LogP contribution in [0.3, 0.4) is 0 Å². The van der Waals surface area contributed by atoms with E-state index in [1.54, 1.807) is 0 Å². The molecule has 3 rings (SSSR count). The third-order valence-corrected chi connectivity index (χ3v) is 3.37. The monoisotopic (exact) mass is 313 g/mol. The molecule has 4 heteroatoms. The van der Waals surface area contributed by atoms with Crippen molar-refractivity contribution in [2.24, 2.45) is 0 Å². The number of aryl methyl sites for hydroxylation is 1. The van der Waals surface area contributed by atoms with Gasteiger partial charge in [0.25, 0.3) is 0 Å². The Bertz CT molecular complexity index is 735. The lowest BCUT2D eigenvalue weighted by molar-refractivity contribution is 0.932. The van der Waals surface area contributed by atoms with Gasteiger partial charge < -0.3 is 0 Å². The van der Waals surface area contributed by atoms with Crippen LogP contribution in [0.15, 0.2) is 47.2 Å². The van der Waals surface area contributed by atoms with Crippen molar-refractivity contribution in [2.45, 2.75) is 13.3 Å². The molecule has 0 saturated heterocycles. The van der Waals surface area contributed by atoms with Gasteiger partial charge in [-0.25, -0.2) is 9.97 Å². The van der Waals surface area contributed by atoms with E-state index in [1.165, 1.54) is 0 Å². The maximum Gasteiger partial charge on any atom is 0.130 e. The number of halogens is 1. The minimum atomic E-state index is 0.808.